The minimum atomic E-state index is -4.08. The lowest BCUT2D eigenvalue weighted by atomic mass is 9.80. The molecule has 2 saturated heterocycles. The second-order valence-corrected chi connectivity index (χ2v) is 13.7. The number of benzene rings is 1. The Kier molecular flexibility index (Phi) is 9.30. The van der Waals surface area contributed by atoms with E-state index in [2.05, 4.69) is 10.6 Å². The largest absolute Gasteiger partial charge is 0.477 e. The number of carbonyl (C=O) groups excluding carboxylic acids is 2. The third-order valence-corrected chi connectivity index (χ3v) is 11.0. The number of hydrogen-bond acceptors (Lipinski definition) is 10. The number of β-lactam (4-membered cyclic amide) rings is 1. The quantitative estimate of drug-likeness (QED) is 0.136. The summed E-state index contributed by atoms with van der Waals surface area (Å²) in [6.45, 7) is 2.94. The molecule has 3 aliphatic rings. The first-order chi connectivity index (χ1) is 18.5. The number of primary sulfonamides is 1. The molecule has 1 aromatic rings. The van der Waals surface area contributed by atoms with Crippen molar-refractivity contribution in [2.75, 3.05) is 32.0 Å². The highest BCUT2D eigenvalue weighted by molar-refractivity contribution is 8.03. The minimum Gasteiger partial charge on any atom is -0.477 e. The number of aliphatic hydroxyl groups is 1. The average molecular weight is 600 g/mol. The van der Waals surface area contributed by atoms with E-state index in [0.29, 0.717) is 34.9 Å². The van der Waals surface area contributed by atoms with Crippen LogP contribution < -0.4 is 21.5 Å². The van der Waals surface area contributed by atoms with Crippen molar-refractivity contribution < 1.29 is 33.0 Å². The first-order valence-corrected chi connectivity index (χ1v) is 16.0. The van der Waals surface area contributed by atoms with Crippen molar-refractivity contribution in [3.05, 3.63) is 34.4 Å². The molecule has 0 spiro atoms. The Morgan fingerprint density at radius 3 is 2.69 bits per heavy atom. The number of thioether (sulfide) groups is 2. The topological polar surface area (TPSA) is 205 Å². The van der Waals surface area contributed by atoms with Gasteiger partial charge in [0.2, 0.25) is 15.9 Å². The van der Waals surface area contributed by atoms with Crippen LogP contribution in [0.3, 0.4) is 0 Å². The zero-order chi connectivity index (χ0) is 28.5. The van der Waals surface area contributed by atoms with E-state index < -0.39 is 21.9 Å². The van der Waals surface area contributed by atoms with E-state index in [1.807, 2.05) is 6.92 Å². The number of sulfonamides is 1. The molecule has 5 atom stereocenters. The Balaban J connectivity index is 1.41. The minimum absolute atomic E-state index is 0.0275. The van der Waals surface area contributed by atoms with Gasteiger partial charge in [-0.3, -0.25) is 9.59 Å². The monoisotopic (exact) mass is 599 g/mol. The van der Waals surface area contributed by atoms with Crippen molar-refractivity contribution in [3.63, 3.8) is 0 Å². The fourth-order valence-corrected chi connectivity index (χ4v) is 9.03. The number of hydrogen-bond donors (Lipinski definition) is 6. The number of aliphatic hydroxyl groups excluding tert-OH is 1. The van der Waals surface area contributed by atoms with E-state index >= 15 is 0 Å². The second-order valence-electron chi connectivity index (χ2n) is 9.77. The van der Waals surface area contributed by atoms with Gasteiger partial charge in [0, 0.05) is 64.6 Å². The number of carboxylic acid groups (broad SMARTS) is 1. The normalized spacial score (nSPS) is 26.5. The molecular weight excluding hydrogens is 566 g/mol. The molecule has 214 valence electrons. The van der Waals surface area contributed by atoms with Crippen molar-refractivity contribution in [1.82, 2.24) is 15.5 Å². The molecule has 0 radical (unpaired) electrons. The second kappa shape index (κ2) is 12.2. The Morgan fingerprint density at radius 1 is 1.31 bits per heavy atom. The maximum absolute atomic E-state index is 12.6. The van der Waals surface area contributed by atoms with Crippen molar-refractivity contribution in [3.8, 4) is 0 Å². The molecule has 0 saturated carbocycles. The molecule has 15 heteroatoms. The molecule has 2 fully saturated rings. The van der Waals surface area contributed by atoms with Crippen molar-refractivity contribution in [1.29, 1.82) is 0 Å². The highest BCUT2D eigenvalue weighted by atomic mass is 32.2. The summed E-state index contributed by atoms with van der Waals surface area (Å²) in [5.74, 6) is -1.79. The molecule has 12 nitrogen and oxygen atoms in total. The van der Waals surface area contributed by atoms with E-state index in [9.17, 15) is 33.0 Å². The van der Waals surface area contributed by atoms with Gasteiger partial charge in [0.1, 0.15) is 5.70 Å². The van der Waals surface area contributed by atoms with Gasteiger partial charge in [0.25, 0.3) is 5.91 Å². The molecule has 4 rings (SSSR count). The van der Waals surface area contributed by atoms with Crippen LogP contribution in [-0.2, 0) is 19.6 Å². The van der Waals surface area contributed by atoms with Gasteiger partial charge in [-0.25, -0.2) is 18.4 Å². The lowest BCUT2D eigenvalue weighted by molar-refractivity contribution is -0.157. The fourth-order valence-electron chi connectivity index (χ4n) is 5.34. The third-order valence-electron chi connectivity index (χ3n) is 7.17. The van der Waals surface area contributed by atoms with Gasteiger partial charge in [-0.15, -0.1) is 23.5 Å². The van der Waals surface area contributed by atoms with Gasteiger partial charge in [-0.2, -0.15) is 0 Å². The van der Waals surface area contributed by atoms with Crippen LogP contribution in [0.15, 0.2) is 38.6 Å². The van der Waals surface area contributed by atoms with Crippen LogP contribution in [0.2, 0.25) is 0 Å². The van der Waals surface area contributed by atoms with Gasteiger partial charge >= 0.3 is 5.97 Å². The Hall–Kier alpha value is -2.14. The molecule has 3 heterocycles. The maximum atomic E-state index is 12.6. The molecule has 3 aliphatic heterocycles. The summed E-state index contributed by atoms with van der Waals surface area (Å²) in [5.41, 5.74) is 5.62. The summed E-state index contributed by atoms with van der Waals surface area (Å²) in [4.78, 5) is 39.2. The van der Waals surface area contributed by atoms with Gasteiger partial charge in [-0.05, 0) is 31.0 Å². The van der Waals surface area contributed by atoms with Crippen LogP contribution in [-0.4, -0.2) is 90.6 Å². The van der Waals surface area contributed by atoms with Crippen LogP contribution in [0.25, 0.3) is 0 Å². The molecule has 0 aromatic heterocycles. The molecule has 1 aromatic carbocycles. The van der Waals surface area contributed by atoms with Crippen LogP contribution in [0.1, 0.15) is 30.1 Å². The van der Waals surface area contributed by atoms with Crippen LogP contribution in [0.5, 0.6) is 0 Å². The van der Waals surface area contributed by atoms with Crippen molar-refractivity contribution >= 4 is 51.3 Å². The number of nitrogens with zero attached hydrogens (tertiary/aromatic N) is 1. The first-order valence-electron chi connectivity index (χ1n) is 12.6. The molecular formula is C24H33N5O7S3. The third kappa shape index (κ3) is 6.14. The van der Waals surface area contributed by atoms with Crippen molar-refractivity contribution in [2.24, 2.45) is 22.7 Å². The molecule has 39 heavy (non-hydrogen) atoms. The Labute approximate surface area is 235 Å². The summed E-state index contributed by atoms with van der Waals surface area (Å²) in [5, 5.41) is 30.7. The van der Waals surface area contributed by atoms with Crippen LogP contribution in [0, 0.1) is 11.8 Å². The predicted molar refractivity (Wildman–Crippen MR) is 147 cm³/mol. The zero-order valence-electron chi connectivity index (χ0n) is 21.3. The molecule has 0 bridgehead atoms. The van der Waals surface area contributed by atoms with E-state index in [1.165, 1.54) is 34.5 Å². The molecule has 8 N–H and O–H groups in total. The Morgan fingerprint density at radius 2 is 2.05 bits per heavy atom. The maximum Gasteiger partial charge on any atom is 0.353 e. The summed E-state index contributed by atoms with van der Waals surface area (Å²) in [7, 11) is -4.08. The number of carbonyl (C=O) groups is 3. The van der Waals surface area contributed by atoms with Gasteiger partial charge < -0.3 is 31.5 Å². The smallest absolute Gasteiger partial charge is 0.353 e. The van der Waals surface area contributed by atoms with E-state index in [1.54, 1.807) is 12.1 Å². The zero-order valence-corrected chi connectivity index (χ0v) is 23.8. The summed E-state index contributed by atoms with van der Waals surface area (Å²) in [6.07, 6.45) is 1.03. The van der Waals surface area contributed by atoms with Gasteiger partial charge in [0.05, 0.1) is 16.9 Å². The number of rotatable bonds is 12. The van der Waals surface area contributed by atoms with Crippen LogP contribution >= 0.6 is 23.5 Å². The number of fused-ring (bicyclic) bond motifs is 1. The van der Waals surface area contributed by atoms with E-state index in [4.69, 9.17) is 10.9 Å². The summed E-state index contributed by atoms with van der Waals surface area (Å²) >= 11 is 2.79. The van der Waals surface area contributed by atoms with Crippen LogP contribution in [0.4, 0.5) is 0 Å². The molecule has 0 unspecified atom stereocenters. The van der Waals surface area contributed by atoms with E-state index in [-0.39, 0.29) is 70.9 Å². The summed E-state index contributed by atoms with van der Waals surface area (Å²) < 4.78 is 24.5. The van der Waals surface area contributed by atoms with E-state index in [0.717, 1.165) is 0 Å². The Bertz CT molecular complexity index is 1290. The van der Waals surface area contributed by atoms with Crippen molar-refractivity contribution in [2.45, 2.75) is 46.9 Å². The highest BCUT2D eigenvalue weighted by Crippen LogP contribution is 2.51. The average Bonchev–Trinajstić information content (AvgIpc) is 3.44. The first kappa shape index (κ1) is 29.8. The van der Waals surface area contributed by atoms with Gasteiger partial charge in [0.15, 0.2) is 0 Å². The summed E-state index contributed by atoms with van der Waals surface area (Å²) in [6, 6.07) is 4.16. The predicted octanol–water partition coefficient (Wildman–Crippen LogP) is -0.266. The lowest BCUT2D eigenvalue weighted by Gasteiger charge is -2.45. The lowest BCUT2D eigenvalue weighted by Crippen LogP contribution is -2.60. The molecule has 0 aliphatic carbocycles. The number of aliphatic carboxylic acids is 1. The SMILES string of the molecule is C[C@H]1C(S[C@@H]2CN[C@H](CSc3ccc(C(=O)NCCN)cc3S(N)(=O)=O)C2)=C(C(=O)O)N2C(=O)[C@@H](CCO)[C@@H]12. The highest BCUT2D eigenvalue weighted by Gasteiger charge is 2.58. The fraction of sp³-hybridized carbons (Fsp3) is 0.542. The van der Waals surface area contributed by atoms with Gasteiger partial charge in [-0.1, -0.05) is 6.92 Å². The number of nitrogens with one attached hydrogen (secondary N) is 2. The number of amides is 2. The number of carboxylic acids is 1. The standard InChI is InChI=1S/C24H33N5O7S3/c1-12-19-16(4-7-30)23(32)29(19)20(24(33)34)21(12)38-15-9-14(28-10-15)11-37-17-3-2-13(22(31)27-6-5-25)8-18(17)39(26,35)36/h2-3,8,12,14-16,19,28,30H,4-7,9-11,25H2,1H3,(H,27,31)(H,33,34)(H2,26,35,36)/t12-,14+,15+,16+,19-/m1/s1. The molecule has 2 amide bonds. The number of nitrogens with two attached hydrogens (primary N) is 2.